The van der Waals surface area contributed by atoms with Gasteiger partial charge in [-0.25, -0.2) is 4.98 Å². The minimum Gasteiger partial charge on any atom is -0.381 e. The number of aryl methyl sites for hydroxylation is 1. The maximum atomic E-state index is 5.92. The van der Waals surface area contributed by atoms with Crippen molar-refractivity contribution in [2.75, 3.05) is 19.8 Å². The molecule has 2 rings (SSSR count). The highest BCUT2D eigenvalue weighted by atomic mass is 16.5. The van der Waals surface area contributed by atoms with Crippen molar-refractivity contribution in [3.8, 4) is 0 Å². The Morgan fingerprint density at radius 3 is 2.88 bits per heavy atom. The van der Waals surface area contributed by atoms with Gasteiger partial charge in [0.15, 0.2) is 5.82 Å². The van der Waals surface area contributed by atoms with Crippen LogP contribution in [0.25, 0.3) is 0 Å². The highest BCUT2D eigenvalue weighted by Gasteiger charge is 2.32. The van der Waals surface area contributed by atoms with Crippen LogP contribution < -0.4 is 5.73 Å². The van der Waals surface area contributed by atoms with E-state index in [4.69, 9.17) is 15.2 Å². The predicted molar refractivity (Wildman–Crippen MR) is 57.6 cm³/mol. The van der Waals surface area contributed by atoms with Crippen LogP contribution in [0.2, 0.25) is 0 Å². The van der Waals surface area contributed by atoms with Crippen LogP contribution >= 0.6 is 0 Å². The molecule has 0 bridgehead atoms. The molecule has 6 nitrogen and oxygen atoms in total. The van der Waals surface area contributed by atoms with E-state index in [0.29, 0.717) is 13.2 Å². The predicted octanol–water partition coefficient (Wildman–Crippen LogP) is -0.160. The van der Waals surface area contributed by atoms with Crippen molar-refractivity contribution in [1.82, 2.24) is 14.8 Å². The monoisotopic (exact) mass is 226 g/mol. The van der Waals surface area contributed by atoms with Crippen molar-refractivity contribution in [3.63, 3.8) is 0 Å². The molecule has 6 heteroatoms. The van der Waals surface area contributed by atoms with Crippen molar-refractivity contribution in [2.45, 2.75) is 25.0 Å². The number of ether oxygens (including phenoxy) is 2. The molecule has 1 aromatic heterocycles. The van der Waals surface area contributed by atoms with E-state index in [9.17, 15) is 0 Å². The number of aromatic nitrogens is 3. The molecule has 1 aromatic rings. The van der Waals surface area contributed by atoms with Gasteiger partial charge in [0.05, 0.1) is 5.60 Å². The molecule has 2 heterocycles. The first-order valence-corrected chi connectivity index (χ1v) is 5.50. The lowest BCUT2D eigenvalue weighted by Crippen LogP contribution is -2.45. The highest BCUT2D eigenvalue weighted by Crippen LogP contribution is 2.24. The van der Waals surface area contributed by atoms with Crippen LogP contribution in [0.3, 0.4) is 0 Å². The van der Waals surface area contributed by atoms with Gasteiger partial charge >= 0.3 is 0 Å². The molecule has 2 N–H and O–H groups in total. The summed E-state index contributed by atoms with van der Waals surface area (Å²) in [7, 11) is 1.85. The average Bonchev–Trinajstić information content (AvgIpc) is 2.74. The lowest BCUT2D eigenvalue weighted by molar-refractivity contribution is -0.114. The zero-order chi connectivity index (χ0) is 11.4. The molecule has 1 aliphatic heterocycles. The molecule has 0 radical (unpaired) electrons. The fourth-order valence-corrected chi connectivity index (χ4v) is 1.82. The second kappa shape index (κ2) is 4.90. The summed E-state index contributed by atoms with van der Waals surface area (Å²) in [5, 5.41) is 4.00. The van der Waals surface area contributed by atoms with Crippen LogP contribution in [0.1, 0.15) is 18.7 Å². The fourth-order valence-electron chi connectivity index (χ4n) is 1.82. The minimum atomic E-state index is -0.246. The van der Waals surface area contributed by atoms with Gasteiger partial charge in [-0.05, 0) is 0 Å². The van der Waals surface area contributed by atoms with Crippen LogP contribution in [0, 0.1) is 0 Å². The molecule has 0 saturated carbocycles. The topological polar surface area (TPSA) is 75.2 Å². The van der Waals surface area contributed by atoms with Crippen LogP contribution in [0.15, 0.2) is 6.33 Å². The number of hydrogen-bond acceptors (Lipinski definition) is 5. The number of nitrogens with two attached hydrogens (primary N) is 1. The first-order chi connectivity index (χ1) is 7.76. The van der Waals surface area contributed by atoms with Crippen molar-refractivity contribution in [1.29, 1.82) is 0 Å². The Morgan fingerprint density at radius 1 is 1.56 bits per heavy atom. The summed E-state index contributed by atoms with van der Waals surface area (Å²) in [4.78, 5) is 4.12. The van der Waals surface area contributed by atoms with E-state index in [-0.39, 0.29) is 5.60 Å². The summed E-state index contributed by atoms with van der Waals surface area (Å²) in [6.07, 6.45) is 3.22. The molecule has 1 saturated heterocycles. The first-order valence-electron chi connectivity index (χ1n) is 5.50. The summed E-state index contributed by atoms with van der Waals surface area (Å²) in [5.41, 5.74) is 5.55. The molecular weight excluding hydrogens is 208 g/mol. The third-order valence-electron chi connectivity index (χ3n) is 3.09. The number of hydrogen-bond donors (Lipinski definition) is 1. The standard InChI is InChI=1S/C10H18N4O2/c1-14-9(12-8-13-14)6-16-10(7-11)2-4-15-5-3-10/h8H,2-7,11H2,1H3. The maximum absolute atomic E-state index is 5.92. The summed E-state index contributed by atoms with van der Waals surface area (Å²) < 4.78 is 12.9. The molecule has 1 fully saturated rings. The maximum Gasteiger partial charge on any atom is 0.152 e. The van der Waals surface area contributed by atoms with Crippen LogP contribution in [0.4, 0.5) is 0 Å². The molecular formula is C10H18N4O2. The molecule has 1 aliphatic rings. The SMILES string of the molecule is Cn1ncnc1COC1(CN)CCOCC1. The Labute approximate surface area is 94.7 Å². The van der Waals surface area contributed by atoms with Crippen LogP contribution in [0.5, 0.6) is 0 Å². The Kier molecular flexibility index (Phi) is 3.52. The van der Waals surface area contributed by atoms with Crippen molar-refractivity contribution >= 4 is 0 Å². The second-order valence-corrected chi connectivity index (χ2v) is 4.09. The zero-order valence-electron chi connectivity index (χ0n) is 9.56. The van der Waals surface area contributed by atoms with Crippen molar-refractivity contribution in [3.05, 3.63) is 12.2 Å². The zero-order valence-corrected chi connectivity index (χ0v) is 9.56. The fraction of sp³-hybridized carbons (Fsp3) is 0.800. The average molecular weight is 226 g/mol. The molecule has 90 valence electrons. The molecule has 0 atom stereocenters. The van der Waals surface area contributed by atoms with Gasteiger partial charge in [0.25, 0.3) is 0 Å². The molecule has 0 aliphatic carbocycles. The number of nitrogens with zero attached hydrogens (tertiary/aromatic N) is 3. The third-order valence-corrected chi connectivity index (χ3v) is 3.09. The van der Waals surface area contributed by atoms with Gasteiger partial charge in [0.2, 0.25) is 0 Å². The Morgan fingerprint density at radius 2 is 2.31 bits per heavy atom. The van der Waals surface area contributed by atoms with Gasteiger partial charge in [-0.1, -0.05) is 0 Å². The third kappa shape index (κ3) is 2.40. The van der Waals surface area contributed by atoms with E-state index in [1.807, 2.05) is 7.05 Å². The van der Waals surface area contributed by atoms with E-state index in [1.165, 1.54) is 6.33 Å². The summed E-state index contributed by atoms with van der Waals surface area (Å²) >= 11 is 0. The van der Waals surface area contributed by atoms with Gasteiger partial charge in [0.1, 0.15) is 12.9 Å². The first kappa shape index (κ1) is 11.5. The quantitative estimate of drug-likeness (QED) is 0.772. The minimum absolute atomic E-state index is 0.246. The van der Waals surface area contributed by atoms with Crippen LogP contribution in [-0.4, -0.2) is 40.1 Å². The van der Waals surface area contributed by atoms with E-state index < -0.39 is 0 Å². The number of rotatable bonds is 4. The van der Waals surface area contributed by atoms with E-state index in [2.05, 4.69) is 10.1 Å². The summed E-state index contributed by atoms with van der Waals surface area (Å²) in [5.74, 6) is 0.819. The van der Waals surface area contributed by atoms with E-state index in [0.717, 1.165) is 31.9 Å². The molecule has 0 spiro atoms. The lowest BCUT2D eigenvalue weighted by atomic mass is 9.94. The Bertz CT molecular complexity index is 333. The Balaban J connectivity index is 1.94. The van der Waals surface area contributed by atoms with Crippen molar-refractivity contribution < 1.29 is 9.47 Å². The largest absolute Gasteiger partial charge is 0.381 e. The smallest absolute Gasteiger partial charge is 0.152 e. The van der Waals surface area contributed by atoms with E-state index in [1.54, 1.807) is 4.68 Å². The van der Waals surface area contributed by atoms with Gasteiger partial charge < -0.3 is 15.2 Å². The van der Waals surface area contributed by atoms with Gasteiger partial charge in [-0.15, -0.1) is 0 Å². The van der Waals surface area contributed by atoms with Gasteiger partial charge in [0, 0.05) is 39.6 Å². The Hall–Kier alpha value is -0.980. The summed E-state index contributed by atoms with van der Waals surface area (Å²) in [6.45, 7) is 2.41. The highest BCUT2D eigenvalue weighted by molar-refractivity contribution is 4.87. The molecule has 0 aromatic carbocycles. The van der Waals surface area contributed by atoms with E-state index >= 15 is 0 Å². The molecule has 16 heavy (non-hydrogen) atoms. The molecule has 0 unspecified atom stereocenters. The van der Waals surface area contributed by atoms with Gasteiger partial charge in [-0.3, -0.25) is 4.68 Å². The van der Waals surface area contributed by atoms with Gasteiger partial charge in [-0.2, -0.15) is 5.10 Å². The van der Waals surface area contributed by atoms with Crippen molar-refractivity contribution in [2.24, 2.45) is 12.8 Å². The lowest BCUT2D eigenvalue weighted by Gasteiger charge is -2.35. The summed E-state index contributed by atoms with van der Waals surface area (Å²) in [6, 6.07) is 0. The second-order valence-electron chi connectivity index (χ2n) is 4.09. The molecule has 0 amide bonds. The van der Waals surface area contributed by atoms with Crippen LogP contribution in [-0.2, 0) is 23.1 Å². The normalized spacial score (nSPS) is 19.9.